The second-order valence-electron chi connectivity index (χ2n) is 2.39. The van der Waals surface area contributed by atoms with Gasteiger partial charge in [0.05, 0.1) is 0 Å². The Morgan fingerprint density at radius 1 is 1.33 bits per heavy atom. The summed E-state index contributed by atoms with van der Waals surface area (Å²) in [5.74, 6) is 0. The van der Waals surface area contributed by atoms with Gasteiger partial charge < -0.3 is 5.32 Å². The van der Waals surface area contributed by atoms with Gasteiger partial charge in [0.15, 0.2) is 0 Å². The van der Waals surface area contributed by atoms with E-state index in [0.29, 0.717) is 0 Å². The predicted octanol–water partition coefficient (Wildman–Crippen LogP) is 2.45. The van der Waals surface area contributed by atoms with Crippen molar-refractivity contribution in [2.24, 2.45) is 0 Å². The minimum atomic E-state index is -0.847. The van der Waals surface area contributed by atoms with Crippen molar-refractivity contribution in [3.05, 3.63) is 24.3 Å². The van der Waals surface area contributed by atoms with Crippen LogP contribution in [0.15, 0.2) is 24.3 Å². The van der Waals surface area contributed by atoms with Gasteiger partial charge in [0.2, 0.25) is 0 Å². The monoisotopic (exact) mass is 171 g/mol. The largest absolute Gasteiger partial charge is 0.314 e. The van der Waals surface area contributed by atoms with Crippen LogP contribution in [0, 0.1) is 0 Å². The Labute approximate surface area is 74.4 Å². The van der Waals surface area contributed by atoms with Crippen LogP contribution in [-0.2, 0) is 0 Å². The van der Waals surface area contributed by atoms with Crippen LogP contribution in [0.25, 0.3) is 0 Å². The van der Waals surface area contributed by atoms with Gasteiger partial charge >= 0.3 is 0 Å². The van der Waals surface area contributed by atoms with Gasteiger partial charge in [-0.15, -0.1) is 0 Å². The number of rotatable bonds is 1. The maximum Gasteiger partial charge on any atom is 0.134 e. The van der Waals surface area contributed by atoms with Crippen molar-refractivity contribution in [3.63, 3.8) is 0 Å². The first-order valence-electron chi connectivity index (χ1n) is 4.49. The van der Waals surface area contributed by atoms with Gasteiger partial charge in [0, 0.05) is 6.04 Å². The van der Waals surface area contributed by atoms with E-state index < -0.39 is 6.17 Å². The third-order valence-electron chi connectivity index (χ3n) is 1.69. The van der Waals surface area contributed by atoms with Gasteiger partial charge in [-0.1, -0.05) is 32.1 Å². The lowest BCUT2D eigenvalue weighted by Gasteiger charge is -2.14. The summed E-state index contributed by atoms with van der Waals surface area (Å²) in [5, 5.41) is 2.92. The third kappa shape index (κ3) is 3.67. The topological polar surface area (TPSA) is 12.0 Å². The molecule has 0 aromatic carbocycles. The van der Waals surface area contributed by atoms with E-state index in [9.17, 15) is 4.39 Å². The Morgan fingerprint density at radius 3 is 2.58 bits per heavy atom. The molecule has 0 radical (unpaired) electrons. The molecule has 2 atom stereocenters. The van der Waals surface area contributed by atoms with Crippen LogP contribution in [0.3, 0.4) is 0 Å². The smallest absolute Gasteiger partial charge is 0.134 e. The predicted molar refractivity (Wildman–Crippen MR) is 52.0 cm³/mol. The Morgan fingerprint density at radius 2 is 2.00 bits per heavy atom. The fraction of sp³-hybridized carbons (Fsp3) is 0.600. The second kappa shape index (κ2) is 7.04. The van der Waals surface area contributed by atoms with E-state index in [1.54, 1.807) is 19.2 Å². The molecule has 0 aromatic rings. The first-order valence-corrected chi connectivity index (χ1v) is 4.49. The molecule has 1 rings (SSSR count). The summed E-state index contributed by atoms with van der Waals surface area (Å²) in [6.45, 7) is 4.00. The molecule has 2 unspecified atom stereocenters. The van der Waals surface area contributed by atoms with Crippen molar-refractivity contribution >= 4 is 0 Å². The maximum atomic E-state index is 12.9. The summed E-state index contributed by atoms with van der Waals surface area (Å²) in [5.41, 5.74) is 0. The molecule has 0 bridgehead atoms. The van der Waals surface area contributed by atoms with Crippen LogP contribution >= 0.6 is 0 Å². The van der Waals surface area contributed by atoms with E-state index >= 15 is 0 Å². The zero-order chi connectivity index (χ0) is 9.40. The molecule has 0 amide bonds. The van der Waals surface area contributed by atoms with Crippen LogP contribution in [0.4, 0.5) is 4.39 Å². The van der Waals surface area contributed by atoms with E-state index in [0.717, 1.165) is 6.42 Å². The van der Waals surface area contributed by atoms with Crippen LogP contribution in [-0.4, -0.2) is 19.3 Å². The van der Waals surface area contributed by atoms with Gasteiger partial charge in [-0.05, 0) is 19.5 Å². The average Bonchev–Trinajstić information content (AvgIpc) is 2.33. The number of alkyl halides is 1. The second-order valence-corrected chi connectivity index (χ2v) is 2.39. The molecule has 1 aliphatic carbocycles. The molecule has 12 heavy (non-hydrogen) atoms. The normalized spacial score (nSPS) is 27.3. The van der Waals surface area contributed by atoms with Crippen LogP contribution < -0.4 is 5.32 Å². The number of halogens is 1. The van der Waals surface area contributed by atoms with E-state index in [1.807, 2.05) is 26.0 Å². The van der Waals surface area contributed by atoms with Crippen molar-refractivity contribution in [1.82, 2.24) is 5.32 Å². The number of nitrogens with one attached hydrogen (secondary N) is 1. The Hall–Kier alpha value is -0.630. The molecule has 0 aliphatic heterocycles. The van der Waals surface area contributed by atoms with Gasteiger partial charge in [-0.2, -0.15) is 0 Å². The Balaban J connectivity index is 0.000000561. The molecule has 0 saturated carbocycles. The fourth-order valence-electron chi connectivity index (χ4n) is 1.02. The zero-order valence-electron chi connectivity index (χ0n) is 8.05. The molecule has 2 heteroatoms. The van der Waals surface area contributed by atoms with Crippen molar-refractivity contribution in [2.75, 3.05) is 7.05 Å². The lowest BCUT2D eigenvalue weighted by molar-refractivity contribution is 0.313. The number of hydrogen-bond donors (Lipinski definition) is 1. The van der Waals surface area contributed by atoms with Crippen molar-refractivity contribution in [1.29, 1.82) is 0 Å². The summed E-state index contributed by atoms with van der Waals surface area (Å²) in [7, 11) is 1.78. The summed E-state index contributed by atoms with van der Waals surface area (Å²) in [6.07, 6.45) is 7.10. The molecule has 0 saturated heterocycles. The van der Waals surface area contributed by atoms with Crippen molar-refractivity contribution in [3.8, 4) is 0 Å². The third-order valence-corrected chi connectivity index (χ3v) is 1.69. The minimum Gasteiger partial charge on any atom is -0.314 e. The molecule has 1 N–H and O–H groups in total. The van der Waals surface area contributed by atoms with Gasteiger partial charge in [0.1, 0.15) is 6.17 Å². The molecule has 70 valence electrons. The maximum absolute atomic E-state index is 12.9. The highest BCUT2D eigenvalue weighted by Crippen LogP contribution is 2.09. The summed E-state index contributed by atoms with van der Waals surface area (Å²) in [6, 6.07) is -0.0463. The quantitative estimate of drug-likeness (QED) is 0.639. The Bertz CT molecular complexity index is 152. The molecule has 1 nitrogen and oxygen atoms in total. The van der Waals surface area contributed by atoms with E-state index in [1.165, 1.54) is 0 Å². The molecular weight excluding hydrogens is 153 g/mol. The van der Waals surface area contributed by atoms with Crippen molar-refractivity contribution in [2.45, 2.75) is 32.5 Å². The lowest BCUT2D eigenvalue weighted by Crippen LogP contribution is -2.32. The van der Waals surface area contributed by atoms with Crippen molar-refractivity contribution < 1.29 is 4.39 Å². The number of allylic oxidation sites excluding steroid dienone is 2. The van der Waals surface area contributed by atoms with E-state index in [4.69, 9.17) is 0 Å². The highest BCUT2D eigenvalue weighted by atomic mass is 19.1. The van der Waals surface area contributed by atoms with Crippen LogP contribution in [0.5, 0.6) is 0 Å². The first kappa shape index (κ1) is 11.4. The van der Waals surface area contributed by atoms with E-state index in [2.05, 4.69) is 5.32 Å². The first-order chi connectivity index (χ1) is 5.84. The highest BCUT2D eigenvalue weighted by Gasteiger charge is 2.15. The highest BCUT2D eigenvalue weighted by molar-refractivity contribution is 5.11. The summed E-state index contributed by atoms with van der Waals surface area (Å²) >= 11 is 0. The van der Waals surface area contributed by atoms with Crippen LogP contribution in [0.2, 0.25) is 0 Å². The van der Waals surface area contributed by atoms with E-state index in [-0.39, 0.29) is 6.04 Å². The summed E-state index contributed by atoms with van der Waals surface area (Å²) < 4.78 is 12.9. The average molecular weight is 171 g/mol. The SMILES string of the molecule is CC.CNC1CC=CC=CC1F. The molecule has 0 heterocycles. The lowest BCUT2D eigenvalue weighted by atomic mass is 10.1. The standard InChI is InChI=1S/C8H12FN.C2H6/c1-10-8-6-4-2-3-5-7(8)9;1-2/h2-5,7-8,10H,6H2,1H3;1-2H3. The molecular formula is C10H18FN. The molecule has 0 spiro atoms. The molecule has 0 aromatic heterocycles. The van der Waals surface area contributed by atoms with Gasteiger partial charge in [-0.3, -0.25) is 0 Å². The molecule has 0 fully saturated rings. The Kier molecular flexibility index (Phi) is 6.67. The molecule has 1 aliphatic rings. The number of hydrogen-bond acceptors (Lipinski definition) is 1. The summed E-state index contributed by atoms with van der Waals surface area (Å²) in [4.78, 5) is 0. The van der Waals surface area contributed by atoms with Gasteiger partial charge in [0.25, 0.3) is 0 Å². The minimum absolute atomic E-state index is 0.0463. The fourth-order valence-corrected chi connectivity index (χ4v) is 1.02. The van der Waals surface area contributed by atoms with Crippen LogP contribution in [0.1, 0.15) is 20.3 Å². The van der Waals surface area contributed by atoms with Gasteiger partial charge in [-0.25, -0.2) is 4.39 Å². The zero-order valence-corrected chi connectivity index (χ0v) is 8.05.